The van der Waals surface area contributed by atoms with E-state index in [4.69, 9.17) is 40.8 Å². The lowest BCUT2D eigenvalue weighted by Gasteiger charge is -2.26. The Balaban J connectivity index is 0. The average Bonchev–Trinajstić information content (AvgIpc) is 2.69. The zero-order valence-corrected chi connectivity index (χ0v) is 21.3. The van der Waals surface area contributed by atoms with Gasteiger partial charge in [-0.15, -0.1) is 0 Å². The minimum atomic E-state index is -2.86. The standard InChI is InChI=1S/C11H24O6Si.C7H18O3Si/c1-5-18(15-9-6-12-2,16-10-7-13-3)17-11-8-14-4;1-5-8-11(4,9-6-2)10-7-3/h5H,1,6-11H2,2-4H3;5-7H2,1-4H3. The Labute approximate surface area is 179 Å². The van der Waals surface area contributed by atoms with Gasteiger partial charge in [0, 0.05) is 47.7 Å². The van der Waals surface area contributed by atoms with Gasteiger partial charge < -0.3 is 40.8 Å². The molecule has 0 amide bonds. The molecule has 0 radical (unpaired) electrons. The molecule has 0 saturated heterocycles. The van der Waals surface area contributed by atoms with Gasteiger partial charge >= 0.3 is 17.6 Å². The molecule has 0 spiro atoms. The predicted octanol–water partition coefficient (Wildman–Crippen LogP) is 2.30. The van der Waals surface area contributed by atoms with Crippen molar-refractivity contribution in [1.82, 2.24) is 0 Å². The van der Waals surface area contributed by atoms with Gasteiger partial charge in [0.05, 0.1) is 39.6 Å². The molecule has 0 N–H and O–H groups in total. The maximum absolute atomic E-state index is 5.65. The summed E-state index contributed by atoms with van der Waals surface area (Å²) in [7, 11) is -0.279. The summed E-state index contributed by atoms with van der Waals surface area (Å²) in [6.45, 7) is 16.1. The highest BCUT2D eigenvalue weighted by atomic mass is 28.4. The molecular formula is C18H42O9Si2. The maximum Gasteiger partial charge on any atom is 0.529 e. The average molecular weight is 459 g/mol. The van der Waals surface area contributed by atoms with Crippen LogP contribution in [0.1, 0.15) is 20.8 Å². The normalized spacial score (nSPS) is 11.8. The molecule has 0 fully saturated rings. The van der Waals surface area contributed by atoms with Crippen LogP contribution in [0, 0.1) is 0 Å². The molecule has 0 aliphatic rings. The molecular weight excluding hydrogens is 416 g/mol. The van der Waals surface area contributed by atoms with E-state index in [0.29, 0.717) is 59.5 Å². The fraction of sp³-hybridized carbons (Fsp3) is 0.889. The van der Waals surface area contributed by atoms with Gasteiger partial charge in [-0.05, 0) is 26.5 Å². The molecule has 176 valence electrons. The van der Waals surface area contributed by atoms with Crippen LogP contribution in [0.3, 0.4) is 0 Å². The van der Waals surface area contributed by atoms with Gasteiger partial charge in [-0.1, -0.05) is 6.58 Å². The Morgan fingerprint density at radius 3 is 1.10 bits per heavy atom. The first-order chi connectivity index (χ1) is 13.9. The van der Waals surface area contributed by atoms with Gasteiger partial charge in [0.15, 0.2) is 0 Å². The third-order valence-electron chi connectivity index (χ3n) is 3.24. The van der Waals surface area contributed by atoms with E-state index in [-0.39, 0.29) is 0 Å². The number of methoxy groups -OCH3 is 3. The number of rotatable bonds is 19. The zero-order valence-electron chi connectivity index (χ0n) is 19.3. The molecule has 0 aromatic heterocycles. The van der Waals surface area contributed by atoms with Gasteiger partial charge in [0.2, 0.25) is 0 Å². The summed E-state index contributed by atoms with van der Waals surface area (Å²) in [5.41, 5.74) is 1.61. The van der Waals surface area contributed by atoms with Crippen LogP contribution in [0.4, 0.5) is 0 Å². The van der Waals surface area contributed by atoms with Crippen molar-refractivity contribution in [3.8, 4) is 0 Å². The molecule has 0 aliphatic carbocycles. The molecule has 0 aromatic carbocycles. The monoisotopic (exact) mass is 458 g/mol. The van der Waals surface area contributed by atoms with E-state index in [1.54, 1.807) is 27.0 Å². The van der Waals surface area contributed by atoms with Crippen molar-refractivity contribution in [3.63, 3.8) is 0 Å². The van der Waals surface area contributed by atoms with E-state index in [2.05, 4.69) is 6.58 Å². The summed E-state index contributed by atoms with van der Waals surface area (Å²) >= 11 is 0. The highest BCUT2D eigenvalue weighted by molar-refractivity contribution is 6.66. The van der Waals surface area contributed by atoms with Crippen LogP contribution >= 0.6 is 0 Å². The lowest BCUT2D eigenvalue weighted by atomic mass is 10.8. The van der Waals surface area contributed by atoms with Gasteiger partial charge in [-0.2, -0.15) is 0 Å². The van der Waals surface area contributed by atoms with Crippen molar-refractivity contribution in [2.75, 3.05) is 80.8 Å². The van der Waals surface area contributed by atoms with Crippen LogP contribution in [0.2, 0.25) is 6.55 Å². The fourth-order valence-corrected chi connectivity index (χ4v) is 5.55. The smallest absolute Gasteiger partial charge is 0.382 e. The van der Waals surface area contributed by atoms with Crippen molar-refractivity contribution in [3.05, 3.63) is 12.3 Å². The minimum Gasteiger partial charge on any atom is -0.382 e. The topological polar surface area (TPSA) is 83.1 Å². The van der Waals surface area contributed by atoms with E-state index in [9.17, 15) is 0 Å². The Hall–Kier alpha value is -0.186. The van der Waals surface area contributed by atoms with Crippen LogP contribution in [-0.4, -0.2) is 98.4 Å². The molecule has 9 nitrogen and oxygen atoms in total. The summed E-state index contributed by atoms with van der Waals surface area (Å²) in [5, 5.41) is 0. The van der Waals surface area contributed by atoms with Crippen molar-refractivity contribution in [1.29, 1.82) is 0 Å². The summed E-state index contributed by atoms with van der Waals surface area (Å²) in [4.78, 5) is 0. The van der Waals surface area contributed by atoms with Crippen LogP contribution in [0.5, 0.6) is 0 Å². The highest BCUT2D eigenvalue weighted by Crippen LogP contribution is 2.11. The first-order valence-electron chi connectivity index (χ1n) is 9.87. The molecule has 11 heteroatoms. The zero-order chi connectivity index (χ0) is 22.4. The van der Waals surface area contributed by atoms with E-state index >= 15 is 0 Å². The first-order valence-corrected chi connectivity index (χ1v) is 13.9. The molecule has 0 aromatic rings. The van der Waals surface area contributed by atoms with Crippen LogP contribution in [-0.2, 0) is 40.8 Å². The Morgan fingerprint density at radius 1 is 0.586 bits per heavy atom. The summed E-state index contributed by atoms with van der Waals surface area (Å²) < 4.78 is 48.0. The Kier molecular flexibility index (Phi) is 22.5. The van der Waals surface area contributed by atoms with Crippen LogP contribution in [0.25, 0.3) is 0 Å². The van der Waals surface area contributed by atoms with Crippen LogP contribution in [0.15, 0.2) is 12.3 Å². The third-order valence-corrected chi connectivity index (χ3v) is 8.00. The highest BCUT2D eigenvalue weighted by Gasteiger charge is 2.38. The molecule has 29 heavy (non-hydrogen) atoms. The maximum atomic E-state index is 5.65. The summed E-state index contributed by atoms with van der Waals surface area (Å²) in [5.74, 6) is 0. The van der Waals surface area contributed by atoms with Crippen molar-refractivity contribution >= 4 is 17.6 Å². The molecule has 0 unspecified atom stereocenters. The van der Waals surface area contributed by atoms with Gasteiger partial charge in [0.25, 0.3) is 0 Å². The fourth-order valence-electron chi connectivity index (χ4n) is 2.02. The lowest BCUT2D eigenvalue weighted by Crippen LogP contribution is -2.46. The third kappa shape index (κ3) is 17.2. The van der Waals surface area contributed by atoms with Gasteiger partial charge in [0.1, 0.15) is 0 Å². The van der Waals surface area contributed by atoms with Crippen molar-refractivity contribution in [2.24, 2.45) is 0 Å². The second-order valence-electron chi connectivity index (χ2n) is 5.49. The Bertz CT molecular complexity index is 319. The lowest BCUT2D eigenvalue weighted by molar-refractivity contribution is 0.0232. The van der Waals surface area contributed by atoms with Gasteiger partial charge in [-0.3, -0.25) is 0 Å². The van der Waals surface area contributed by atoms with E-state index in [0.717, 1.165) is 0 Å². The van der Waals surface area contributed by atoms with Crippen LogP contribution < -0.4 is 0 Å². The second-order valence-corrected chi connectivity index (χ2v) is 10.6. The first kappa shape index (κ1) is 31.0. The molecule has 0 saturated carbocycles. The Morgan fingerprint density at radius 2 is 0.897 bits per heavy atom. The van der Waals surface area contributed by atoms with Gasteiger partial charge in [-0.25, -0.2) is 0 Å². The summed E-state index contributed by atoms with van der Waals surface area (Å²) in [6, 6.07) is 0. The minimum absolute atomic E-state index is 0.398. The molecule has 0 rings (SSSR count). The predicted molar refractivity (Wildman–Crippen MR) is 116 cm³/mol. The quantitative estimate of drug-likeness (QED) is 0.214. The molecule has 0 atom stereocenters. The molecule has 0 bridgehead atoms. The molecule has 0 heterocycles. The number of hydrogen-bond acceptors (Lipinski definition) is 9. The van der Waals surface area contributed by atoms with E-state index < -0.39 is 17.6 Å². The number of ether oxygens (including phenoxy) is 3. The largest absolute Gasteiger partial charge is 0.529 e. The van der Waals surface area contributed by atoms with E-state index in [1.165, 1.54) is 0 Å². The van der Waals surface area contributed by atoms with E-state index in [1.807, 2.05) is 27.3 Å². The molecule has 0 aliphatic heterocycles. The van der Waals surface area contributed by atoms with Crippen molar-refractivity contribution < 1.29 is 40.8 Å². The second kappa shape index (κ2) is 21.1. The SMILES string of the molecule is C=C[Si](OCCOC)(OCCOC)OCCOC.CCO[Si](C)(OCC)OCC. The van der Waals surface area contributed by atoms with Crippen molar-refractivity contribution in [2.45, 2.75) is 27.3 Å². The summed E-state index contributed by atoms with van der Waals surface area (Å²) in [6.07, 6.45) is 0. The number of hydrogen-bond donors (Lipinski definition) is 0.